The van der Waals surface area contributed by atoms with E-state index in [0.29, 0.717) is 24.0 Å². The van der Waals surface area contributed by atoms with Crippen molar-refractivity contribution >= 4 is 0 Å². The molecule has 7 heteroatoms. The Hall–Kier alpha value is -2.93. The van der Waals surface area contributed by atoms with Gasteiger partial charge < -0.3 is 4.98 Å². The number of pyridine rings is 1. The number of aromatic nitrogens is 5. The highest BCUT2D eigenvalue weighted by atomic mass is 16.1. The summed E-state index contributed by atoms with van der Waals surface area (Å²) in [5.41, 5.74) is 3.25. The normalized spacial score (nSPS) is 14.3. The van der Waals surface area contributed by atoms with Crippen LogP contribution in [0.5, 0.6) is 0 Å². The molecule has 0 amide bonds. The van der Waals surface area contributed by atoms with E-state index < -0.39 is 0 Å². The molecule has 0 spiro atoms. The van der Waals surface area contributed by atoms with E-state index in [1.165, 1.54) is 0 Å². The Bertz CT molecular complexity index is 982. The van der Waals surface area contributed by atoms with Crippen molar-refractivity contribution in [3.8, 4) is 11.5 Å². The molecule has 0 unspecified atom stereocenters. The van der Waals surface area contributed by atoms with E-state index in [-0.39, 0.29) is 5.56 Å². The molecule has 0 radical (unpaired) electrons. The van der Waals surface area contributed by atoms with Crippen molar-refractivity contribution in [1.82, 2.24) is 29.8 Å². The summed E-state index contributed by atoms with van der Waals surface area (Å²) >= 11 is 0. The molecule has 7 nitrogen and oxygen atoms in total. The SMILES string of the molecule is CC(C)c1ncc(CN2CCc3nc(-c4ccccn4)[nH]c(=O)c3C2)cn1. The molecule has 3 aromatic heterocycles. The number of nitrogens with zero attached hydrogens (tertiary/aromatic N) is 5. The molecule has 0 saturated heterocycles. The largest absolute Gasteiger partial charge is 0.305 e. The van der Waals surface area contributed by atoms with Gasteiger partial charge in [0.1, 0.15) is 11.5 Å². The van der Waals surface area contributed by atoms with Gasteiger partial charge >= 0.3 is 0 Å². The number of H-pyrrole nitrogens is 1. The molecular formula is C20H22N6O. The fraction of sp³-hybridized carbons (Fsp3) is 0.350. The van der Waals surface area contributed by atoms with Crippen LogP contribution in [0, 0.1) is 0 Å². The smallest absolute Gasteiger partial charge is 0.255 e. The molecule has 4 rings (SSSR count). The van der Waals surface area contributed by atoms with Crippen molar-refractivity contribution in [2.24, 2.45) is 0 Å². The molecule has 1 N–H and O–H groups in total. The fourth-order valence-corrected chi connectivity index (χ4v) is 3.24. The minimum Gasteiger partial charge on any atom is -0.305 e. The molecule has 138 valence electrons. The lowest BCUT2D eigenvalue weighted by molar-refractivity contribution is 0.241. The first-order chi connectivity index (χ1) is 13.1. The van der Waals surface area contributed by atoms with Crippen LogP contribution in [0.2, 0.25) is 0 Å². The van der Waals surface area contributed by atoms with Crippen LogP contribution < -0.4 is 5.56 Å². The fourth-order valence-electron chi connectivity index (χ4n) is 3.24. The van der Waals surface area contributed by atoms with Gasteiger partial charge in [-0.1, -0.05) is 19.9 Å². The highest BCUT2D eigenvalue weighted by Crippen LogP contribution is 2.19. The maximum absolute atomic E-state index is 12.6. The van der Waals surface area contributed by atoms with Gasteiger partial charge in [-0.2, -0.15) is 0 Å². The highest BCUT2D eigenvalue weighted by molar-refractivity contribution is 5.49. The minimum absolute atomic E-state index is 0.0863. The molecule has 0 atom stereocenters. The molecule has 3 aromatic rings. The lowest BCUT2D eigenvalue weighted by Crippen LogP contribution is -2.35. The number of aromatic amines is 1. The van der Waals surface area contributed by atoms with Gasteiger partial charge in [0.2, 0.25) is 0 Å². The predicted octanol–water partition coefficient (Wildman–Crippen LogP) is 2.30. The summed E-state index contributed by atoms with van der Waals surface area (Å²) in [5.74, 6) is 1.70. The zero-order chi connectivity index (χ0) is 18.8. The molecule has 0 aliphatic carbocycles. The Morgan fingerprint density at radius 2 is 2.00 bits per heavy atom. The Kier molecular flexibility index (Phi) is 4.77. The Morgan fingerprint density at radius 1 is 1.19 bits per heavy atom. The summed E-state index contributed by atoms with van der Waals surface area (Å²) in [6.07, 6.45) is 6.20. The molecule has 1 aliphatic rings. The number of hydrogen-bond acceptors (Lipinski definition) is 6. The second kappa shape index (κ2) is 7.36. The van der Waals surface area contributed by atoms with Gasteiger partial charge in [0, 0.05) is 56.1 Å². The minimum atomic E-state index is -0.0863. The van der Waals surface area contributed by atoms with Crippen molar-refractivity contribution in [2.45, 2.75) is 39.3 Å². The van der Waals surface area contributed by atoms with Gasteiger partial charge in [-0.3, -0.25) is 14.7 Å². The van der Waals surface area contributed by atoms with E-state index in [1.54, 1.807) is 6.20 Å². The van der Waals surface area contributed by atoms with Crippen molar-refractivity contribution in [3.05, 3.63) is 69.8 Å². The third-order valence-electron chi connectivity index (χ3n) is 4.70. The Morgan fingerprint density at radius 3 is 2.70 bits per heavy atom. The summed E-state index contributed by atoms with van der Waals surface area (Å²) in [4.78, 5) is 35.5. The van der Waals surface area contributed by atoms with E-state index in [9.17, 15) is 4.79 Å². The first-order valence-corrected chi connectivity index (χ1v) is 9.17. The van der Waals surface area contributed by atoms with Crippen LogP contribution in [-0.2, 0) is 19.5 Å². The highest BCUT2D eigenvalue weighted by Gasteiger charge is 2.22. The zero-order valence-electron chi connectivity index (χ0n) is 15.5. The second-order valence-corrected chi connectivity index (χ2v) is 7.12. The topological polar surface area (TPSA) is 87.7 Å². The van der Waals surface area contributed by atoms with Gasteiger partial charge in [-0.15, -0.1) is 0 Å². The molecule has 0 saturated carbocycles. The van der Waals surface area contributed by atoms with E-state index in [2.05, 4.69) is 43.7 Å². The zero-order valence-corrected chi connectivity index (χ0v) is 15.5. The molecule has 0 aromatic carbocycles. The first-order valence-electron chi connectivity index (χ1n) is 9.17. The summed E-state index contributed by atoms with van der Waals surface area (Å²) in [7, 11) is 0. The average molecular weight is 362 g/mol. The third-order valence-corrected chi connectivity index (χ3v) is 4.70. The van der Waals surface area contributed by atoms with Gasteiger partial charge in [-0.25, -0.2) is 15.0 Å². The average Bonchev–Trinajstić information content (AvgIpc) is 2.69. The predicted molar refractivity (Wildman–Crippen MR) is 102 cm³/mol. The molecule has 0 fully saturated rings. The van der Waals surface area contributed by atoms with E-state index >= 15 is 0 Å². The maximum atomic E-state index is 12.6. The number of rotatable bonds is 4. The molecule has 1 aliphatic heterocycles. The van der Waals surface area contributed by atoms with E-state index in [1.807, 2.05) is 30.6 Å². The van der Waals surface area contributed by atoms with Crippen LogP contribution >= 0.6 is 0 Å². The summed E-state index contributed by atoms with van der Waals surface area (Å²) in [5, 5.41) is 0. The van der Waals surface area contributed by atoms with Gasteiger partial charge in [0.15, 0.2) is 5.82 Å². The number of hydrogen-bond donors (Lipinski definition) is 1. The first kappa shape index (κ1) is 17.5. The third kappa shape index (κ3) is 3.78. The van der Waals surface area contributed by atoms with Crippen molar-refractivity contribution in [1.29, 1.82) is 0 Å². The van der Waals surface area contributed by atoms with Crippen molar-refractivity contribution in [2.75, 3.05) is 6.54 Å². The molecule has 4 heterocycles. The van der Waals surface area contributed by atoms with Crippen LogP contribution in [0.4, 0.5) is 0 Å². The lowest BCUT2D eigenvalue weighted by atomic mass is 10.1. The lowest BCUT2D eigenvalue weighted by Gasteiger charge is -2.27. The number of nitrogens with one attached hydrogen (secondary N) is 1. The molecule has 27 heavy (non-hydrogen) atoms. The van der Waals surface area contributed by atoms with Crippen LogP contribution in [0.15, 0.2) is 41.6 Å². The van der Waals surface area contributed by atoms with Crippen LogP contribution in [0.1, 0.15) is 42.4 Å². The summed E-state index contributed by atoms with van der Waals surface area (Å²) < 4.78 is 0. The summed E-state index contributed by atoms with van der Waals surface area (Å²) in [6.45, 7) is 6.30. The van der Waals surface area contributed by atoms with Crippen molar-refractivity contribution < 1.29 is 0 Å². The second-order valence-electron chi connectivity index (χ2n) is 7.12. The van der Waals surface area contributed by atoms with Crippen LogP contribution in [0.3, 0.4) is 0 Å². The quantitative estimate of drug-likeness (QED) is 0.766. The molecule has 0 bridgehead atoms. The molecular weight excluding hydrogens is 340 g/mol. The van der Waals surface area contributed by atoms with E-state index in [0.717, 1.165) is 42.2 Å². The van der Waals surface area contributed by atoms with Crippen molar-refractivity contribution in [3.63, 3.8) is 0 Å². The van der Waals surface area contributed by atoms with Crippen LogP contribution in [-0.4, -0.2) is 36.4 Å². The monoisotopic (exact) mass is 362 g/mol. The Balaban J connectivity index is 1.52. The summed E-state index contributed by atoms with van der Waals surface area (Å²) in [6, 6.07) is 5.58. The van der Waals surface area contributed by atoms with Gasteiger partial charge in [0.05, 0.1) is 11.3 Å². The van der Waals surface area contributed by atoms with Gasteiger partial charge in [-0.05, 0) is 12.1 Å². The maximum Gasteiger partial charge on any atom is 0.255 e. The van der Waals surface area contributed by atoms with Gasteiger partial charge in [0.25, 0.3) is 5.56 Å². The standard InChI is InChI=1S/C20H22N6O/c1-13(2)18-22-9-14(10-23-18)11-26-8-6-16-15(12-26)20(27)25-19(24-16)17-5-3-4-7-21-17/h3-5,7,9-10,13H,6,8,11-12H2,1-2H3,(H,24,25,27). The van der Waals surface area contributed by atoms with Crippen LogP contribution in [0.25, 0.3) is 11.5 Å². The number of fused-ring (bicyclic) bond motifs is 1. The Labute approximate surface area is 157 Å². The van der Waals surface area contributed by atoms with E-state index in [4.69, 9.17) is 0 Å².